The van der Waals surface area contributed by atoms with Gasteiger partial charge in [-0.05, 0) is 13.3 Å². The summed E-state index contributed by atoms with van der Waals surface area (Å²) in [6.07, 6.45) is -0.498. The average molecular weight is 230 g/mol. The molecular weight excluding hydrogens is 216 g/mol. The van der Waals surface area contributed by atoms with E-state index in [1.165, 1.54) is 0 Å². The second-order valence-corrected chi connectivity index (χ2v) is 2.19. The molecule has 0 aliphatic heterocycles. The van der Waals surface area contributed by atoms with Crippen LogP contribution in [-0.2, 0) is 0 Å². The fraction of sp³-hybridized carbons (Fsp3) is 1.00. The lowest BCUT2D eigenvalue weighted by Gasteiger charge is -2.08. The molecule has 15 heavy (non-hydrogen) atoms. The molecule has 0 aromatic carbocycles. The molecule has 10 nitrogen and oxygen atoms in total. The SMILES string of the molecule is CCC(O)C(C)O.O=[N+]([O-])O.O=[N+]([O-])O. The molecule has 0 saturated carbocycles. The van der Waals surface area contributed by atoms with Crippen molar-refractivity contribution < 1.29 is 30.8 Å². The molecule has 0 rings (SSSR count). The van der Waals surface area contributed by atoms with E-state index in [0.29, 0.717) is 6.42 Å². The van der Waals surface area contributed by atoms with E-state index >= 15 is 0 Å². The third kappa shape index (κ3) is 70.3. The molecule has 0 bridgehead atoms. The highest BCUT2D eigenvalue weighted by Gasteiger charge is 2.05. The Balaban J connectivity index is -0.000000155. The Labute approximate surface area is 84.6 Å². The Morgan fingerprint density at radius 1 is 1.13 bits per heavy atom. The maximum absolute atomic E-state index is 8.69. The smallest absolute Gasteiger partial charge is 0.291 e. The first-order valence-electron chi connectivity index (χ1n) is 3.67. The molecule has 4 N–H and O–H groups in total. The standard InChI is InChI=1S/C5H12O2.2HNO3/c1-3-5(7)4(2)6;2*2-1(3)4/h4-7H,3H2,1-2H3;2*(H,2,3,4). The van der Waals surface area contributed by atoms with E-state index in [-0.39, 0.29) is 0 Å². The van der Waals surface area contributed by atoms with Crippen molar-refractivity contribution in [3.63, 3.8) is 0 Å². The zero-order valence-corrected chi connectivity index (χ0v) is 8.18. The molecule has 0 fully saturated rings. The summed E-state index contributed by atoms with van der Waals surface area (Å²) in [6.45, 7) is 3.41. The summed E-state index contributed by atoms with van der Waals surface area (Å²) >= 11 is 0. The Kier molecular flexibility index (Phi) is 15.6. The van der Waals surface area contributed by atoms with Crippen LogP contribution < -0.4 is 0 Å². The minimum atomic E-state index is -1.50. The first-order valence-corrected chi connectivity index (χ1v) is 3.67. The Morgan fingerprint density at radius 2 is 1.33 bits per heavy atom. The topological polar surface area (TPSA) is 167 Å². The largest absolute Gasteiger partial charge is 0.391 e. The van der Waals surface area contributed by atoms with Crippen LogP contribution in [-0.4, -0.2) is 43.0 Å². The molecule has 0 aliphatic rings. The molecule has 0 radical (unpaired) electrons. The quantitative estimate of drug-likeness (QED) is 0.361. The number of nitrogens with zero attached hydrogens (tertiary/aromatic N) is 2. The van der Waals surface area contributed by atoms with E-state index in [9.17, 15) is 0 Å². The van der Waals surface area contributed by atoms with Gasteiger partial charge in [-0.25, -0.2) is 0 Å². The van der Waals surface area contributed by atoms with Gasteiger partial charge in [0.05, 0.1) is 12.2 Å². The highest BCUT2D eigenvalue weighted by Crippen LogP contribution is 1.94. The molecule has 0 aromatic heterocycles. The van der Waals surface area contributed by atoms with Gasteiger partial charge in [0.1, 0.15) is 0 Å². The summed E-state index contributed by atoms with van der Waals surface area (Å²) in [4.78, 5) is 16.7. The van der Waals surface area contributed by atoms with Gasteiger partial charge in [0, 0.05) is 0 Å². The van der Waals surface area contributed by atoms with Crippen molar-refractivity contribution in [1.82, 2.24) is 0 Å². The molecule has 2 atom stereocenters. The average Bonchev–Trinajstić information content (AvgIpc) is 2.00. The summed E-state index contributed by atoms with van der Waals surface area (Å²) in [6, 6.07) is 0. The first kappa shape index (κ1) is 19.0. The van der Waals surface area contributed by atoms with Crippen molar-refractivity contribution in [1.29, 1.82) is 0 Å². The van der Waals surface area contributed by atoms with Crippen LogP contribution in [0.2, 0.25) is 0 Å². The van der Waals surface area contributed by atoms with Crippen LogP contribution in [0.3, 0.4) is 0 Å². The highest BCUT2D eigenvalue weighted by molar-refractivity contribution is 4.56. The molecular formula is C5H14N2O8. The molecule has 0 aromatic rings. The monoisotopic (exact) mass is 230 g/mol. The van der Waals surface area contributed by atoms with E-state index in [0.717, 1.165) is 0 Å². The zero-order chi connectivity index (χ0) is 13.0. The molecule has 0 amide bonds. The molecule has 0 spiro atoms. The Bertz CT molecular complexity index is 152. The summed E-state index contributed by atoms with van der Waals surface area (Å²) in [5.74, 6) is 0. The fourth-order valence-electron chi connectivity index (χ4n) is 0.341. The summed E-state index contributed by atoms with van der Waals surface area (Å²) in [5, 5.41) is 44.5. The van der Waals surface area contributed by atoms with Gasteiger partial charge in [-0.3, -0.25) is 0 Å². The molecule has 92 valence electrons. The van der Waals surface area contributed by atoms with Crippen molar-refractivity contribution >= 4 is 0 Å². The van der Waals surface area contributed by atoms with Gasteiger partial charge in [0.15, 0.2) is 0 Å². The summed E-state index contributed by atoms with van der Waals surface area (Å²) < 4.78 is 0. The van der Waals surface area contributed by atoms with Crippen LogP contribution in [0.1, 0.15) is 20.3 Å². The predicted octanol–water partition coefficient (Wildman–Crippen LogP) is -0.557. The van der Waals surface area contributed by atoms with Gasteiger partial charge in [-0.2, -0.15) is 0 Å². The van der Waals surface area contributed by atoms with Crippen LogP contribution in [0.15, 0.2) is 0 Å². The summed E-state index contributed by atoms with van der Waals surface area (Å²) in [7, 11) is 0. The lowest BCUT2D eigenvalue weighted by atomic mass is 10.2. The number of hydrogen-bond donors (Lipinski definition) is 4. The van der Waals surface area contributed by atoms with E-state index in [1.54, 1.807) is 6.92 Å². The van der Waals surface area contributed by atoms with Crippen LogP contribution >= 0.6 is 0 Å². The zero-order valence-electron chi connectivity index (χ0n) is 8.18. The second kappa shape index (κ2) is 12.3. The van der Waals surface area contributed by atoms with E-state index < -0.39 is 22.4 Å². The van der Waals surface area contributed by atoms with Crippen LogP contribution in [0.4, 0.5) is 0 Å². The van der Waals surface area contributed by atoms with Gasteiger partial charge < -0.3 is 20.6 Å². The van der Waals surface area contributed by atoms with Crippen LogP contribution in [0.25, 0.3) is 0 Å². The maximum Gasteiger partial charge on any atom is 0.291 e. The molecule has 0 saturated heterocycles. The first-order chi connectivity index (χ1) is 6.64. The van der Waals surface area contributed by atoms with Crippen molar-refractivity contribution in [3.05, 3.63) is 20.2 Å². The third-order valence-electron chi connectivity index (χ3n) is 0.975. The van der Waals surface area contributed by atoms with Crippen molar-refractivity contribution in [2.24, 2.45) is 0 Å². The number of hydrogen-bond acceptors (Lipinski definition) is 6. The van der Waals surface area contributed by atoms with Crippen molar-refractivity contribution in [2.75, 3.05) is 0 Å². The maximum atomic E-state index is 8.69. The molecule has 0 aliphatic carbocycles. The van der Waals surface area contributed by atoms with E-state index in [2.05, 4.69) is 0 Å². The minimum Gasteiger partial charge on any atom is -0.391 e. The number of aliphatic hydroxyl groups excluding tert-OH is 2. The van der Waals surface area contributed by atoms with Gasteiger partial charge in [0.2, 0.25) is 0 Å². The van der Waals surface area contributed by atoms with Gasteiger partial charge >= 0.3 is 0 Å². The lowest BCUT2D eigenvalue weighted by molar-refractivity contribution is -0.742. The summed E-state index contributed by atoms with van der Waals surface area (Å²) in [5.41, 5.74) is 0. The number of rotatable bonds is 2. The van der Waals surface area contributed by atoms with Crippen molar-refractivity contribution in [3.8, 4) is 0 Å². The van der Waals surface area contributed by atoms with E-state index in [4.69, 9.17) is 40.9 Å². The van der Waals surface area contributed by atoms with Crippen LogP contribution in [0.5, 0.6) is 0 Å². The number of aliphatic hydroxyl groups is 2. The van der Waals surface area contributed by atoms with Crippen molar-refractivity contribution in [2.45, 2.75) is 32.5 Å². The Morgan fingerprint density at radius 3 is 1.33 bits per heavy atom. The molecule has 10 heteroatoms. The van der Waals surface area contributed by atoms with Crippen LogP contribution in [0, 0.1) is 20.2 Å². The normalized spacial score (nSPS) is 12.0. The molecule has 0 heterocycles. The van der Waals surface area contributed by atoms with E-state index in [1.807, 2.05) is 6.92 Å². The lowest BCUT2D eigenvalue weighted by Crippen LogP contribution is -2.20. The highest BCUT2D eigenvalue weighted by atomic mass is 16.9. The van der Waals surface area contributed by atoms with Gasteiger partial charge in [-0.15, -0.1) is 20.2 Å². The third-order valence-corrected chi connectivity index (χ3v) is 0.975. The van der Waals surface area contributed by atoms with Gasteiger partial charge in [0.25, 0.3) is 10.2 Å². The Hall–Kier alpha value is -1.68. The predicted molar refractivity (Wildman–Crippen MR) is 45.5 cm³/mol. The minimum absolute atomic E-state index is 0.542. The fourth-order valence-corrected chi connectivity index (χ4v) is 0.341. The molecule has 2 unspecified atom stereocenters. The second-order valence-electron chi connectivity index (χ2n) is 2.19. The van der Waals surface area contributed by atoms with Gasteiger partial charge in [-0.1, -0.05) is 6.92 Å².